The summed E-state index contributed by atoms with van der Waals surface area (Å²) in [6.07, 6.45) is 0. The van der Waals surface area contributed by atoms with E-state index in [4.69, 9.17) is 19.4 Å². The minimum absolute atomic E-state index is 0.591. The van der Waals surface area contributed by atoms with Crippen LogP contribution in [0.25, 0.3) is 126 Å². The lowest BCUT2D eigenvalue weighted by Gasteiger charge is -2.10. The van der Waals surface area contributed by atoms with Crippen LogP contribution < -0.4 is 0 Å². The van der Waals surface area contributed by atoms with Gasteiger partial charge in [-0.05, 0) is 76.9 Å². The third-order valence-corrected chi connectivity index (χ3v) is 13.4. The molecule has 9 aromatic carbocycles. The molecule has 0 bridgehead atoms. The molecule has 0 aliphatic rings. The summed E-state index contributed by atoms with van der Waals surface area (Å²) < 4.78 is 11.5. The Morgan fingerprint density at radius 1 is 0.349 bits per heavy atom. The maximum absolute atomic E-state index is 6.59. The van der Waals surface area contributed by atoms with Crippen LogP contribution >= 0.6 is 11.3 Å². The van der Waals surface area contributed by atoms with Crippen LogP contribution in [0.1, 0.15) is 0 Å². The second kappa shape index (κ2) is 14.2. The van der Waals surface area contributed by atoms with Gasteiger partial charge in [0.15, 0.2) is 17.5 Å². The molecule has 0 spiro atoms. The summed E-state index contributed by atoms with van der Waals surface area (Å²) in [6, 6.07) is 72.7. The van der Waals surface area contributed by atoms with E-state index in [1.54, 1.807) is 0 Å². The highest BCUT2D eigenvalue weighted by molar-refractivity contribution is 7.26. The number of nitrogens with zero attached hydrogens (tertiary/aromatic N) is 4. The van der Waals surface area contributed by atoms with E-state index in [-0.39, 0.29) is 0 Å². The van der Waals surface area contributed by atoms with Crippen molar-refractivity contribution >= 4 is 75.3 Å². The molecule has 13 aromatic rings. The lowest BCUT2D eigenvalue weighted by Crippen LogP contribution is -2.00. The number of thiophene rings is 1. The van der Waals surface area contributed by atoms with E-state index in [1.807, 2.05) is 59.9 Å². The van der Waals surface area contributed by atoms with E-state index in [1.165, 1.54) is 47.5 Å². The molecule has 0 amide bonds. The minimum atomic E-state index is 0.591. The fourth-order valence-electron chi connectivity index (χ4n) is 9.36. The number of hydrogen-bond donors (Lipinski definition) is 0. The SMILES string of the molecule is c1ccc(-c2ccc(-c3nc(-c4ccccc4)nc(-c4cccc5oc6ccc(-c7cccc8sc9ccc(-n%10c%11ccccc%11c%11ccccc%11%10)cc9c78)cc6c45)n3)cc2)cc1. The first-order valence-corrected chi connectivity index (χ1v) is 21.9. The van der Waals surface area contributed by atoms with Gasteiger partial charge in [0, 0.05) is 64.1 Å². The molecule has 0 N–H and O–H groups in total. The number of furan rings is 1. The van der Waals surface area contributed by atoms with Crippen molar-refractivity contribution in [2.75, 3.05) is 0 Å². The fraction of sp³-hybridized carbons (Fsp3) is 0. The first kappa shape index (κ1) is 35.6. The van der Waals surface area contributed by atoms with Gasteiger partial charge in [-0.25, -0.2) is 15.0 Å². The summed E-state index contributed by atoms with van der Waals surface area (Å²) in [7, 11) is 0. The Morgan fingerprint density at radius 3 is 1.68 bits per heavy atom. The standard InChI is InChI=1S/C57H34N4OS/c1-3-13-35(14-4-1)36-25-27-38(28-26-36)56-58-55(37-15-5-2-6-16-37)59-57(60-56)44-20-11-23-50-53(44)45-33-39(29-31-49(45)62-50)41-19-12-24-52-54(41)46-34-40(30-32-51(46)63-52)61-47-21-9-7-17-42(47)43-18-8-10-22-48(43)61/h1-34H. The molecule has 0 fully saturated rings. The summed E-state index contributed by atoms with van der Waals surface area (Å²) in [5.41, 5.74) is 12.5. The highest BCUT2D eigenvalue weighted by Crippen LogP contribution is 2.44. The van der Waals surface area contributed by atoms with E-state index in [0.717, 1.165) is 61.0 Å². The number of fused-ring (bicyclic) bond motifs is 9. The summed E-state index contributed by atoms with van der Waals surface area (Å²) in [5, 5.41) is 6.99. The summed E-state index contributed by atoms with van der Waals surface area (Å²) in [4.78, 5) is 15.4. The van der Waals surface area contributed by atoms with E-state index in [0.29, 0.717) is 17.5 Å². The average molecular weight is 823 g/mol. The Kier molecular flexibility index (Phi) is 8.01. The lowest BCUT2D eigenvalue weighted by atomic mass is 9.97. The van der Waals surface area contributed by atoms with E-state index < -0.39 is 0 Å². The van der Waals surface area contributed by atoms with Crippen LogP contribution in [0.3, 0.4) is 0 Å². The van der Waals surface area contributed by atoms with Crippen LogP contribution in [0.5, 0.6) is 0 Å². The molecule has 63 heavy (non-hydrogen) atoms. The molecule has 294 valence electrons. The third-order valence-electron chi connectivity index (χ3n) is 12.3. The molecule has 0 unspecified atom stereocenters. The van der Waals surface area contributed by atoms with Gasteiger partial charge in [-0.3, -0.25) is 0 Å². The van der Waals surface area contributed by atoms with Crippen molar-refractivity contribution in [2.24, 2.45) is 0 Å². The molecule has 4 aromatic heterocycles. The Labute approximate surface area is 365 Å². The number of aromatic nitrogens is 4. The highest BCUT2D eigenvalue weighted by atomic mass is 32.1. The van der Waals surface area contributed by atoms with Crippen LogP contribution in [-0.2, 0) is 0 Å². The first-order chi connectivity index (χ1) is 31.2. The van der Waals surface area contributed by atoms with Gasteiger partial charge in [0.25, 0.3) is 0 Å². The molecule has 0 aliphatic carbocycles. The molecule has 0 saturated heterocycles. The van der Waals surface area contributed by atoms with Crippen molar-refractivity contribution in [3.05, 3.63) is 206 Å². The maximum Gasteiger partial charge on any atom is 0.164 e. The smallest absolute Gasteiger partial charge is 0.164 e. The summed E-state index contributed by atoms with van der Waals surface area (Å²) in [6.45, 7) is 0. The fourth-order valence-corrected chi connectivity index (χ4v) is 10.5. The number of hydrogen-bond acceptors (Lipinski definition) is 5. The molecular weight excluding hydrogens is 789 g/mol. The van der Waals surface area contributed by atoms with E-state index in [2.05, 4.69) is 162 Å². The summed E-state index contributed by atoms with van der Waals surface area (Å²) >= 11 is 1.84. The second-order valence-electron chi connectivity index (χ2n) is 15.9. The Bertz CT molecular complexity index is 3850. The van der Waals surface area contributed by atoms with Crippen molar-refractivity contribution in [2.45, 2.75) is 0 Å². The monoisotopic (exact) mass is 822 g/mol. The van der Waals surface area contributed by atoms with Gasteiger partial charge in [0.2, 0.25) is 0 Å². The molecule has 13 rings (SSSR count). The van der Waals surface area contributed by atoms with Crippen molar-refractivity contribution < 1.29 is 4.42 Å². The highest BCUT2D eigenvalue weighted by Gasteiger charge is 2.20. The topological polar surface area (TPSA) is 56.7 Å². The molecule has 5 nitrogen and oxygen atoms in total. The zero-order valence-corrected chi connectivity index (χ0v) is 34.6. The van der Waals surface area contributed by atoms with E-state index in [9.17, 15) is 0 Å². The number of benzene rings is 9. The number of para-hydroxylation sites is 2. The van der Waals surface area contributed by atoms with Gasteiger partial charge in [-0.1, -0.05) is 152 Å². The zero-order valence-electron chi connectivity index (χ0n) is 33.7. The van der Waals surface area contributed by atoms with Crippen LogP contribution in [0.2, 0.25) is 0 Å². The molecule has 0 radical (unpaired) electrons. The predicted molar refractivity (Wildman–Crippen MR) is 262 cm³/mol. The van der Waals surface area contributed by atoms with Crippen molar-refractivity contribution in [1.82, 2.24) is 19.5 Å². The number of rotatable bonds is 6. The second-order valence-corrected chi connectivity index (χ2v) is 17.0. The Morgan fingerprint density at radius 2 is 0.937 bits per heavy atom. The van der Waals surface area contributed by atoms with Gasteiger partial charge in [0.05, 0.1) is 11.0 Å². The van der Waals surface area contributed by atoms with E-state index >= 15 is 0 Å². The normalized spacial score (nSPS) is 11.8. The first-order valence-electron chi connectivity index (χ1n) is 21.1. The summed E-state index contributed by atoms with van der Waals surface area (Å²) in [5.74, 6) is 1.82. The van der Waals surface area contributed by atoms with Crippen LogP contribution in [0.15, 0.2) is 211 Å². The molecule has 6 heteroatoms. The van der Waals surface area contributed by atoms with Gasteiger partial charge < -0.3 is 8.98 Å². The zero-order chi connectivity index (χ0) is 41.4. The van der Waals surface area contributed by atoms with Gasteiger partial charge >= 0.3 is 0 Å². The lowest BCUT2D eigenvalue weighted by molar-refractivity contribution is 0.669. The Hall–Kier alpha value is -8.19. The quantitative estimate of drug-likeness (QED) is 0.168. The maximum atomic E-state index is 6.59. The van der Waals surface area contributed by atoms with Gasteiger partial charge in [0.1, 0.15) is 11.2 Å². The van der Waals surface area contributed by atoms with Crippen LogP contribution in [0, 0.1) is 0 Å². The largest absolute Gasteiger partial charge is 0.456 e. The molecule has 0 atom stereocenters. The van der Waals surface area contributed by atoms with Crippen molar-refractivity contribution in [3.63, 3.8) is 0 Å². The molecule has 0 aliphatic heterocycles. The Balaban J connectivity index is 0.977. The average Bonchev–Trinajstić information content (AvgIpc) is 4.03. The minimum Gasteiger partial charge on any atom is -0.456 e. The van der Waals surface area contributed by atoms with Crippen molar-refractivity contribution in [3.8, 4) is 62.1 Å². The molecular formula is C57H34N4OS. The third kappa shape index (κ3) is 5.80. The van der Waals surface area contributed by atoms with Gasteiger partial charge in [-0.2, -0.15) is 0 Å². The van der Waals surface area contributed by atoms with Crippen molar-refractivity contribution in [1.29, 1.82) is 0 Å². The molecule has 4 heterocycles. The van der Waals surface area contributed by atoms with Crippen LogP contribution in [0.4, 0.5) is 0 Å². The predicted octanol–water partition coefficient (Wildman–Crippen LogP) is 15.6. The molecule has 0 saturated carbocycles. The van der Waals surface area contributed by atoms with Crippen LogP contribution in [-0.4, -0.2) is 19.5 Å². The van der Waals surface area contributed by atoms with Gasteiger partial charge in [-0.15, -0.1) is 11.3 Å².